The lowest BCUT2D eigenvalue weighted by Gasteiger charge is -2.16. The van der Waals surface area contributed by atoms with Gasteiger partial charge in [-0.05, 0) is 118 Å². The van der Waals surface area contributed by atoms with Gasteiger partial charge < -0.3 is 13.4 Å². The summed E-state index contributed by atoms with van der Waals surface area (Å²) in [4.78, 5) is 0. The fourth-order valence-corrected chi connectivity index (χ4v) is 11.3. The van der Waals surface area contributed by atoms with Gasteiger partial charge in [0.05, 0.1) is 11.0 Å². The molecular formula is C60H35NO2S. The quantitative estimate of drug-likeness (QED) is 0.173. The van der Waals surface area contributed by atoms with Crippen LogP contribution >= 0.6 is 11.3 Å². The number of benzene rings is 10. The van der Waals surface area contributed by atoms with Crippen molar-refractivity contribution in [1.82, 2.24) is 4.57 Å². The number of rotatable bonds is 5. The molecule has 0 saturated carbocycles. The van der Waals surface area contributed by atoms with Crippen LogP contribution in [0.15, 0.2) is 221 Å². The minimum Gasteiger partial charge on any atom is -0.456 e. The van der Waals surface area contributed by atoms with Crippen LogP contribution in [0.4, 0.5) is 0 Å². The van der Waals surface area contributed by atoms with Crippen molar-refractivity contribution in [1.29, 1.82) is 0 Å². The van der Waals surface area contributed by atoms with Crippen molar-refractivity contribution in [3.05, 3.63) is 212 Å². The van der Waals surface area contributed by atoms with Crippen LogP contribution < -0.4 is 0 Å². The van der Waals surface area contributed by atoms with E-state index in [0.717, 1.165) is 94.0 Å². The van der Waals surface area contributed by atoms with Gasteiger partial charge in [0, 0.05) is 69.3 Å². The van der Waals surface area contributed by atoms with Gasteiger partial charge in [0.25, 0.3) is 0 Å². The van der Waals surface area contributed by atoms with Crippen molar-refractivity contribution in [2.45, 2.75) is 0 Å². The second-order valence-corrected chi connectivity index (χ2v) is 17.9. The van der Waals surface area contributed by atoms with E-state index < -0.39 is 0 Å². The molecule has 0 amide bonds. The second-order valence-electron chi connectivity index (χ2n) is 16.8. The summed E-state index contributed by atoms with van der Waals surface area (Å²) in [5, 5.41) is 9.35. The van der Waals surface area contributed by atoms with Crippen LogP contribution in [0.1, 0.15) is 0 Å². The van der Waals surface area contributed by atoms with Gasteiger partial charge in [-0.2, -0.15) is 0 Å². The minimum atomic E-state index is 0.882. The molecule has 4 aromatic heterocycles. The van der Waals surface area contributed by atoms with Gasteiger partial charge in [-0.3, -0.25) is 0 Å². The van der Waals surface area contributed by atoms with Crippen LogP contribution in [0.2, 0.25) is 0 Å². The van der Waals surface area contributed by atoms with Crippen molar-refractivity contribution >= 4 is 97.2 Å². The number of fused-ring (bicyclic) bond motifs is 12. The summed E-state index contributed by atoms with van der Waals surface area (Å²) in [6.45, 7) is 0. The topological polar surface area (TPSA) is 31.2 Å². The van der Waals surface area contributed by atoms with Crippen LogP contribution in [0.5, 0.6) is 0 Å². The SMILES string of the molecule is c1ccc(-c2cc(-c3ccc4oc5ccccc5c4c3)c3c(c2)c2cc(-c4ccccc4)cc(-c4ccc5oc6ccccc6c5c4)c2n3-c2ccc3sc4ccccc4c3c2)cc1. The number of hydrogen-bond acceptors (Lipinski definition) is 3. The summed E-state index contributed by atoms with van der Waals surface area (Å²) < 4.78 is 17.9. The molecule has 4 heteroatoms. The Morgan fingerprint density at radius 1 is 0.281 bits per heavy atom. The average Bonchev–Trinajstić information content (AvgIpc) is 4.12. The summed E-state index contributed by atoms with van der Waals surface area (Å²) in [6, 6.07) is 77.2. The number of hydrogen-bond donors (Lipinski definition) is 0. The molecule has 0 atom stereocenters. The minimum absolute atomic E-state index is 0.882. The fourth-order valence-electron chi connectivity index (χ4n) is 10.2. The van der Waals surface area contributed by atoms with E-state index in [1.54, 1.807) is 0 Å². The lowest BCUT2D eigenvalue weighted by Crippen LogP contribution is -1.98. The maximum absolute atomic E-state index is 6.39. The Labute approximate surface area is 371 Å². The van der Waals surface area contributed by atoms with E-state index in [4.69, 9.17) is 8.83 Å². The largest absolute Gasteiger partial charge is 0.456 e. The van der Waals surface area contributed by atoms with E-state index in [1.165, 1.54) is 42.1 Å². The van der Waals surface area contributed by atoms with Gasteiger partial charge in [0.1, 0.15) is 22.3 Å². The Bertz CT molecular complexity index is 3970. The average molecular weight is 834 g/mol. The smallest absolute Gasteiger partial charge is 0.135 e. The highest BCUT2D eigenvalue weighted by atomic mass is 32.1. The maximum atomic E-state index is 6.39. The van der Waals surface area contributed by atoms with E-state index >= 15 is 0 Å². The third-order valence-corrected chi connectivity index (χ3v) is 14.3. The molecule has 0 aliphatic rings. The molecule has 0 radical (unpaired) electrons. The molecule has 298 valence electrons. The van der Waals surface area contributed by atoms with E-state index in [9.17, 15) is 0 Å². The zero-order valence-electron chi connectivity index (χ0n) is 34.4. The van der Waals surface area contributed by atoms with E-state index in [0.29, 0.717) is 0 Å². The molecule has 3 nitrogen and oxygen atoms in total. The molecule has 14 rings (SSSR count). The van der Waals surface area contributed by atoms with Gasteiger partial charge >= 0.3 is 0 Å². The van der Waals surface area contributed by atoms with Gasteiger partial charge in [-0.25, -0.2) is 0 Å². The Kier molecular flexibility index (Phi) is 7.56. The third kappa shape index (κ3) is 5.33. The Morgan fingerprint density at radius 3 is 1.30 bits per heavy atom. The zero-order valence-corrected chi connectivity index (χ0v) is 35.2. The van der Waals surface area contributed by atoms with E-state index in [-0.39, 0.29) is 0 Å². The lowest BCUT2D eigenvalue weighted by molar-refractivity contribution is 0.668. The molecule has 14 aromatic rings. The van der Waals surface area contributed by atoms with Crippen LogP contribution in [0.3, 0.4) is 0 Å². The summed E-state index contributed by atoms with van der Waals surface area (Å²) in [7, 11) is 0. The third-order valence-electron chi connectivity index (χ3n) is 13.2. The number of para-hydroxylation sites is 2. The second kappa shape index (κ2) is 13.7. The number of aromatic nitrogens is 1. The molecule has 64 heavy (non-hydrogen) atoms. The summed E-state index contributed by atoms with van der Waals surface area (Å²) >= 11 is 1.85. The molecule has 0 N–H and O–H groups in total. The standard InChI is InChI=1S/C60H35NO2S/c1-3-13-36(14-4-1)40-31-46(38-23-26-55-48(29-38)43-17-7-10-20-53(43)62-55)59-51(33-40)52-34-41(37-15-5-2-6-16-37)32-47(39-24-27-56-49(30-39)44-18-8-11-21-54(44)63-56)60(52)61(59)42-25-28-58-50(35-42)45-19-9-12-22-57(45)64-58/h1-35H. The molecular weight excluding hydrogens is 799 g/mol. The Morgan fingerprint density at radius 2 is 0.734 bits per heavy atom. The zero-order chi connectivity index (χ0) is 41.9. The first kappa shape index (κ1) is 35.4. The summed E-state index contributed by atoms with van der Waals surface area (Å²) in [5.41, 5.74) is 16.2. The van der Waals surface area contributed by atoms with Crippen LogP contribution in [0.25, 0.3) is 136 Å². The molecule has 0 aliphatic heterocycles. The van der Waals surface area contributed by atoms with Gasteiger partial charge in [-0.1, -0.05) is 127 Å². The molecule has 0 fully saturated rings. The van der Waals surface area contributed by atoms with Crippen LogP contribution in [0, 0.1) is 0 Å². The summed E-state index contributed by atoms with van der Waals surface area (Å²) in [6.07, 6.45) is 0. The van der Waals surface area contributed by atoms with Gasteiger partial charge in [0.15, 0.2) is 0 Å². The van der Waals surface area contributed by atoms with Gasteiger partial charge in [-0.15, -0.1) is 11.3 Å². The number of furan rings is 2. The number of thiophene rings is 1. The van der Waals surface area contributed by atoms with Crippen molar-refractivity contribution in [2.75, 3.05) is 0 Å². The molecule has 0 aliphatic carbocycles. The summed E-state index contributed by atoms with van der Waals surface area (Å²) in [5.74, 6) is 0. The van der Waals surface area contributed by atoms with Crippen molar-refractivity contribution < 1.29 is 8.83 Å². The first-order chi connectivity index (χ1) is 31.7. The maximum Gasteiger partial charge on any atom is 0.135 e. The highest BCUT2D eigenvalue weighted by Crippen LogP contribution is 2.48. The van der Waals surface area contributed by atoms with Crippen molar-refractivity contribution in [3.8, 4) is 50.2 Å². The predicted molar refractivity (Wildman–Crippen MR) is 270 cm³/mol. The van der Waals surface area contributed by atoms with E-state index in [1.807, 2.05) is 23.5 Å². The molecule has 0 bridgehead atoms. The highest BCUT2D eigenvalue weighted by molar-refractivity contribution is 7.25. The van der Waals surface area contributed by atoms with Gasteiger partial charge in [0.2, 0.25) is 0 Å². The molecule has 0 unspecified atom stereocenters. The fraction of sp³-hybridized carbons (Fsp3) is 0. The molecule has 4 heterocycles. The van der Waals surface area contributed by atoms with E-state index in [2.05, 4.69) is 205 Å². The Balaban J connectivity index is 1.18. The lowest BCUT2D eigenvalue weighted by atomic mass is 9.92. The first-order valence-electron chi connectivity index (χ1n) is 21.7. The number of nitrogens with zero attached hydrogens (tertiary/aromatic N) is 1. The van der Waals surface area contributed by atoms with Crippen molar-refractivity contribution in [2.24, 2.45) is 0 Å². The predicted octanol–water partition coefficient (Wildman–Crippen LogP) is 17.6. The van der Waals surface area contributed by atoms with Crippen LogP contribution in [-0.4, -0.2) is 4.57 Å². The first-order valence-corrected chi connectivity index (χ1v) is 22.5. The van der Waals surface area contributed by atoms with Crippen molar-refractivity contribution in [3.63, 3.8) is 0 Å². The highest BCUT2D eigenvalue weighted by Gasteiger charge is 2.24. The Hall–Kier alpha value is -8.18. The van der Waals surface area contributed by atoms with Crippen LogP contribution in [-0.2, 0) is 0 Å². The molecule has 10 aromatic carbocycles. The monoisotopic (exact) mass is 833 g/mol. The molecule has 0 spiro atoms. The molecule has 0 saturated heterocycles. The normalized spacial score (nSPS) is 12.1.